The van der Waals surface area contributed by atoms with Crippen molar-refractivity contribution in [1.29, 1.82) is 0 Å². The summed E-state index contributed by atoms with van der Waals surface area (Å²) in [7, 11) is 0. The second-order valence-electron chi connectivity index (χ2n) is 4.64. The van der Waals surface area contributed by atoms with E-state index in [0.29, 0.717) is 12.5 Å². The summed E-state index contributed by atoms with van der Waals surface area (Å²) in [5, 5.41) is 3.35. The zero-order valence-corrected chi connectivity index (χ0v) is 12.9. The van der Waals surface area contributed by atoms with Crippen LogP contribution in [0.3, 0.4) is 0 Å². The van der Waals surface area contributed by atoms with Crippen molar-refractivity contribution in [2.45, 2.75) is 33.2 Å². The average Bonchev–Trinajstić information content (AvgIpc) is 2.87. The van der Waals surface area contributed by atoms with Crippen molar-refractivity contribution in [3.8, 4) is 5.88 Å². The van der Waals surface area contributed by atoms with E-state index < -0.39 is 0 Å². The molecule has 0 aliphatic carbocycles. The lowest BCUT2D eigenvalue weighted by Gasteiger charge is -2.06. The smallest absolute Gasteiger partial charge is 0.213 e. The fourth-order valence-corrected chi connectivity index (χ4v) is 2.59. The van der Waals surface area contributed by atoms with Gasteiger partial charge < -0.3 is 10.1 Å². The molecule has 0 amide bonds. The summed E-state index contributed by atoms with van der Waals surface area (Å²) in [5.74, 6) is 0.686. The lowest BCUT2D eigenvalue weighted by Crippen LogP contribution is -2.13. The molecule has 0 aromatic carbocycles. The maximum Gasteiger partial charge on any atom is 0.213 e. The SMILES string of the molecule is CCCNCc1ccc(OCCc2scnc2C)nc1. The molecule has 0 fully saturated rings. The molecule has 0 saturated carbocycles. The summed E-state index contributed by atoms with van der Waals surface area (Å²) in [6.45, 7) is 6.73. The van der Waals surface area contributed by atoms with E-state index in [1.54, 1.807) is 11.3 Å². The highest BCUT2D eigenvalue weighted by atomic mass is 32.1. The fourth-order valence-electron chi connectivity index (χ4n) is 1.82. The number of thiazole rings is 1. The minimum absolute atomic E-state index is 0.642. The van der Waals surface area contributed by atoms with Gasteiger partial charge in [-0.05, 0) is 25.5 Å². The summed E-state index contributed by atoms with van der Waals surface area (Å²) in [5.41, 5.74) is 4.16. The van der Waals surface area contributed by atoms with Gasteiger partial charge in [0.15, 0.2) is 0 Å². The predicted octanol–water partition coefficient (Wildman–Crippen LogP) is 2.97. The summed E-state index contributed by atoms with van der Waals surface area (Å²) in [6.07, 6.45) is 3.90. The molecule has 0 bridgehead atoms. The van der Waals surface area contributed by atoms with Crippen LogP contribution in [0, 0.1) is 6.92 Å². The van der Waals surface area contributed by atoms with Crippen molar-refractivity contribution in [2.75, 3.05) is 13.2 Å². The number of pyridine rings is 1. The molecular weight excluding hydrogens is 270 g/mol. The van der Waals surface area contributed by atoms with Crippen molar-refractivity contribution in [2.24, 2.45) is 0 Å². The predicted molar refractivity (Wildman–Crippen MR) is 82.3 cm³/mol. The highest BCUT2D eigenvalue weighted by Crippen LogP contribution is 2.14. The average molecular weight is 291 g/mol. The van der Waals surface area contributed by atoms with Crippen LogP contribution < -0.4 is 10.1 Å². The summed E-state index contributed by atoms with van der Waals surface area (Å²) in [6, 6.07) is 3.99. The molecule has 2 heterocycles. The third-order valence-corrected chi connectivity index (χ3v) is 3.97. The van der Waals surface area contributed by atoms with Gasteiger partial charge in [0, 0.05) is 30.1 Å². The summed E-state index contributed by atoms with van der Waals surface area (Å²) < 4.78 is 5.66. The molecule has 2 aromatic rings. The number of nitrogens with zero attached hydrogens (tertiary/aromatic N) is 2. The first kappa shape index (κ1) is 14.9. The van der Waals surface area contributed by atoms with Gasteiger partial charge in [-0.3, -0.25) is 0 Å². The van der Waals surface area contributed by atoms with Crippen molar-refractivity contribution in [3.05, 3.63) is 40.0 Å². The molecule has 0 atom stereocenters. The maximum absolute atomic E-state index is 5.66. The third-order valence-electron chi connectivity index (χ3n) is 2.98. The quantitative estimate of drug-likeness (QED) is 0.760. The Hall–Kier alpha value is -1.46. The molecule has 20 heavy (non-hydrogen) atoms. The summed E-state index contributed by atoms with van der Waals surface area (Å²) in [4.78, 5) is 9.84. The van der Waals surface area contributed by atoms with Crippen LogP contribution in [0.5, 0.6) is 5.88 Å². The molecule has 0 saturated heterocycles. The molecule has 5 heteroatoms. The number of rotatable bonds is 8. The zero-order valence-electron chi connectivity index (χ0n) is 12.1. The largest absolute Gasteiger partial charge is 0.477 e. The van der Waals surface area contributed by atoms with Crippen LogP contribution in [0.15, 0.2) is 23.8 Å². The first-order valence-electron chi connectivity index (χ1n) is 6.97. The van der Waals surface area contributed by atoms with E-state index in [0.717, 1.165) is 31.6 Å². The van der Waals surface area contributed by atoms with Crippen LogP contribution in [0.25, 0.3) is 0 Å². The molecule has 1 N–H and O–H groups in total. The lowest BCUT2D eigenvalue weighted by atomic mass is 10.3. The molecule has 0 radical (unpaired) electrons. The Morgan fingerprint density at radius 3 is 2.85 bits per heavy atom. The van der Waals surface area contributed by atoms with E-state index in [4.69, 9.17) is 4.74 Å². The minimum atomic E-state index is 0.642. The van der Waals surface area contributed by atoms with Crippen LogP contribution >= 0.6 is 11.3 Å². The highest BCUT2D eigenvalue weighted by molar-refractivity contribution is 7.09. The highest BCUT2D eigenvalue weighted by Gasteiger charge is 2.02. The Kier molecular flexibility index (Phi) is 5.95. The minimum Gasteiger partial charge on any atom is -0.477 e. The first-order valence-corrected chi connectivity index (χ1v) is 7.85. The van der Waals surface area contributed by atoms with Gasteiger partial charge in [0.2, 0.25) is 5.88 Å². The molecule has 0 unspecified atom stereocenters. The number of hydrogen-bond donors (Lipinski definition) is 1. The number of hydrogen-bond acceptors (Lipinski definition) is 5. The Balaban J connectivity index is 1.74. The lowest BCUT2D eigenvalue weighted by molar-refractivity contribution is 0.310. The van der Waals surface area contributed by atoms with E-state index >= 15 is 0 Å². The first-order chi connectivity index (χ1) is 9.79. The number of nitrogens with one attached hydrogen (secondary N) is 1. The third kappa shape index (κ3) is 4.58. The van der Waals surface area contributed by atoms with E-state index in [9.17, 15) is 0 Å². The van der Waals surface area contributed by atoms with Gasteiger partial charge >= 0.3 is 0 Å². The van der Waals surface area contributed by atoms with E-state index in [-0.39, 0.29) is 0 Å². The van der Waals surface area contributed by atoms with Crippen molar-refractivity contribution < 1.29 is 4.74 Å². The van der Waals surface area contributed by atoms with Gasteiger partial charge in [0.05, 0.1) is 17.8 Å². The van der Waals surface area contributed by atoms with Crippen molar-refractivity contribution in [1.82, 2.24) is 15.3 Å². The normalized spacial score (nSPS) is 10.7. The topological polar surface area (TPSA) is 47.0 Å². The number of aryl methyl sites for hydroxylation is 1. The molecule has 0 spiro atoms. The fraction of sp³-hybridized carbons (Fsp3) is 0.467. The van der Waals surface area contributed by atoms with Gasteiger partial charge in [-0.1, -0.05) is 13.0 Å². The number of aromatic nitrogens is 2. The number of ether oxygens (including phenoxy) is 1. The Morgan fingerprint density at radius 2 is 2.20 bits per heavy atom. The van der Waals surface area contributed by atoms with Gasteiger partial charge in [-0.25, -0.2) is 9.97 Å². The Morgan fingerprint density at radius 1 is 1.30 bits per heavy atom. The molecule has 2 rings (SSSR count). The van der Waals surface area contributed by atoms with Gasteiger partial charge in [-0.2, -0.15) is 0 Å². The van der Waals surface area contributed by atoms with Crippen LogP contribution in [0.2, 0.25) is 0 Å². The van der Waals surface area contributed by atoms with Crippen LogP contribution in [0.4, 0.5) is 0 Å². The molecular formula is C15H21N3OS. The molecule has 108 valence electrons. The maximum atomic E-state index is 5.66. The van der Waals surface area contributed by atoms with Crippen LogP contribution in [-0.2, 0) is 13.0 Å². The van der Waals surface area contributed by atoms with Crippen molar-refractivity contribution >= 4 is 11.3 Å². The molecule has 4 nitrogen and oxygen atoms in total. The second kappa shape index (κ2) is 7.97. The molecule has 0 aliphatic rings. The van der Waals surface area contributed by atoms with Crippen molar-refractivity contribution in [3.63, 3.8) is 0 Å². The monoisotopic (exact) mass is 291 g/mol. The van der Waals surface area contributed by atoms with Gasteiger partial charge in [0.25, 0.3) is 0 Å². The Labute approximate surface area is 124 Å². The molecule has 2 aromatic heterocycles. The van der Waals surface area contributed by atoms with Crippen LogP contribution in [-0.4, -0.2) is 23.1 Å². The standard InChI is InChI=1S/C15H21N3OS/c1-3-7-16-9-13-4-5-15(17-10-13)19-8-6-14-12(2)18-11-20-14/h4-5,10-11,16H,3,6-9H2,1-2H3. The van der Waals surface area contributed by atoms with Gasteiger partial charge in [-0.15, -0.1) is 11.3 Å². The Bertz CT molecular complexity index is 510. The van der Waals surface area contributed by atoms with E-state index in [2.05, 4.69) is 28.3 Å². The van der Waals surface area contributed by atoms with E-state index in [1.807, 2.05) is 24.7 Å². The molecule has 0 aliphatic heterocycles. The second-order valence-corrected chi connectivity index (χ2v) is 5.58. The van der Waals surface area contributed by atoms with Crippen LogP contribution in [0.1, 0.15) is 29.5 Å². The summed E-state index contributed by atoms with van der Waals surface area (Å²) >= 11 is 1.68. The zero-order chi connectivity index (χ0) is 14.2. The van der Waals surface area contributed by atoms with Gasteiger partial charge in [0.1, 0.15) is 0 Å². The van der Waals surface area contributed by atoms with E-state index in [1.165, 1.54) is 10.4 Å².